The molecule has 8 nitrogen and oxygen atoms in total. The van der Waals surface area contributed by atoms with Gasteiger partial charge in [0.2, 0.25) is 0 Å². The van der Waals surface area contributed by atoms with Crippen LogP contribution in [0.15, 0.2) is 95.9 Å². The average Bonchev–Trinajstić information content (AvgIpc) is 2.99. The van der Waals surface area contributed by atoms with Gasteiger partial charge in [-0.25, -0.2) is 13.2 Å². The zero-order chi connectivity index (χ0) is 28.9. The molecule has 4 aromatic carbocycles. The van der Waals surface area contributed by atoms with E-state index >= 15 is 0 Å². The largest absolute Gasteiger partial charge is 0.495 e. The van der Waals surface area contributed by atoms with Gasteiger partial charge in [-0.05, 0) is 35.4 Å². The number of methoxy groups -OCH3 is 2. The van der Waals surface area contributed by atoms with Gasteiger partial charge >= 0.3 is 5.97 Å². The summed E-state index contributed by atoms with van der Waals surface area (Å²) in [5.74, 6) is -0.684. The van der Waals surface area contributed by atoms with Gasteiger partial charge in [0.25, 0.3) is 10.0 Å². The molecular weight excluding hydrogens is 554 g/mol. The summed E-state index contributed by atoms with van der Waals surface area (Å²) in [5.41, 5.74) is 2.50. The summed E-state index contributed by atoms with van der Waals surface area (Å²) in [5, 5.41) is 0.192. The van der Waals surface area contributed by atoms with Crippen molar-refractivity contribution in [2.45, 2.75) is 4.90 Å². The number of hydrogen-bond donors (Lipinski definition) is 0. The third-order valence-electron chi connectivity index (χ3n) is 6.17. The summed E-state index contributed by atoms with van der Waals surface area (Å²) in [6.07, 6.45) is 0. The lowest BCUT2D eigenvalue weighted by Gasteiger charge is -2.23. The van der Waals surface area contributed by atoms with Crippen molar-refractivity contribution in [3.05, 3.63) is 107 Å². The van der Waals surface area contributed by atoms with Gasteiger partial charge in [0, 0.05) is 18.7 Å². The summed E-state index contributed by atoms with van der Waals surface area (Å²) in [6, 6.07) is 24.9. The molecule has 0 radical (unpaired) electrons. The number of rotatable bonds is 10. The van der Waals surface area contributed by atoms with Crippen molar-refractivity contribution < 1.29 is 32.2 Å². The maximum atomic E-state index is 13.4. The molecule has 0 heterocycles. The number of esters is 1. The fourth-order valence-corrected chi connectivity index (χ4v) is 5.42. The van der Waals surface area contributed by atoms with Crippen LogP contribution in [-0.2, 0) is 14.8 Å². The maximum Gasteiger partial charge on any atom is 0.338 e. The van der Waals surface area contributed by atoms with Crippen molar-refractivity contribution in [2.24, 2.45) is 0 Å². The van der Waals surface area contributed by atoms with Crippen LogP contribution in [0.2, 0.25) is 5.02 Å². The summed E-state index contributed by atoms with van der Waals surface area (Å²) in [7, 11) is 0.0191. The Morgan fingerprint density at radius 2 is 1.43 bits per heavy atom. The molecule has 4 rings (SSSR count). The Morgan fingerprint density at radius 1 is 0.775 bits per heavy atom. The molecule has 0 saturated heterocycles. The van der Waals surface area contributed by atoms with Crippen LogP contribution in [0, 0.1) is 0 Å². The number of carbonyl (C=O) groups is 2. The zero-order valence-electron chi connectivity index (χ0n) is 22.0. The predicted octanol–water partition coefficient (Wildman–Crippen LogP) is 5.89. The molecule has 0 saturated carbocycles. The summed E-state index contributed by atoms with van der Waals surface area (Å²) in [4.78, 5) is 25.2. The molecule has 0 amide bonds. The average molecular weight is 580 g/mol. The van der Waals surface area contributed by atoms with Crippen molar-refractivity contribution in [2.75, 3.05) is 32.2 Å². The zero-order valence-corrected chi connectivity index (χ0v) is 23.5. The lowest BCUT2D eigenvalue weighted by molar-refractivity contribution is 0.0474. The lowest BCUT2D eigenvalue weighted by Crippen LogP contribution is -2.27. The summed E-state index contributed by atoms with van der Waals surface area (Å²) >= 11 is 6.21. The van der Waals surface area contributed by atoms with E-state index in [0.29, 0.717) is 11.3 Å². The van der Waals surface area contributed by atoms with E-state index in [4.69, 9.17) is 25.8 Å². The van der Waals surface area contributed by atoms with Crippen molar-refractivity contribution in [3.63, 3.8) is 0 Å². The molecule has 0 aliphatic carbocycles. The highest BCUT2D eigenvalue weighted by molar-refractivity contribution is 7.92. The quantitative estimate of drug-likeness (QED) is 0.171. The van der Waals surface area contributed by atoms with Crippen LogP contribution in [0.5, 0.6) is 11.5 Å². The topological polar surface area (TPSA) is 99.2 Å². The second-order valence-electron chi connectivity index (χ2n) is 8.60. The van der Waals surface area contributed by atoms with E-state index in [1.165, 1.54) is 57.7 Å². The molecule has 0 N–H and O–H groups in total. The van der Waals surface area contributed by atoms with E-state index < -0.39 is 22.6 Å². The Labute approximate surface area is 237 Å². The van der Waals surface area contributed by atoms with Crippen LogP contribution < -0.4 is 13.8 Å². The van der Waals surface area contributed by atoms with Gasteiger partial charge in [-0.1, -0.05) is 72.3 Å². The number of benzene rings is 4. The monoisotopic (exact) mass is 579 g/mol. The molecule has 206 valence electrons. The second kappa shape index (κ2) is 12.2. The fourth-order valence-electron chi connectivity index (χ4n) is 3.94. The molecule has 0 aliphatic heterocycles. The first-order chi connectivity index (χ1) is 19.1. The molecule has 0 fully saturated rings. The minimum absolute atomic E-state index is 0.0265. The van der Waals surface area contributed by atoms with Gasteiger partial charge in [-0.3, -0.25) is 9.10 Å². The van der Waals surface area contributed by atoms with E-state index in [0.717, 1.165) is 15.4 Å². The van der Waals surface area contributed by atoms with Crippen LogP contribution in [-0.4, -0.2) is 48.0 Å². The standard InChI is InChI=1S/C30H26ClNO7S/c1-32(26-17-25(31)28(37-2)18-29(26)38-3)40(35,36)24-11-7-10-23(16-24)30(34)39-19-27(33)22-14-12-21(13-15-22)20-8-5-4-6-9-20/h4-18H,19H2,1-3H3. The van der Waals surface area contributed by atoms with Crippen LogP contribution in [0.1, 0.15) is 20.7 Å². The third kappa shape index (κ3) is 6.11. The van der Waals surface area contributed by atoms with Crippen LogP contribution in [0.3, 0.4) is 0 Å². The Hall–Kier alpha value is -4.34. The van der Waals surface area contributed by atoms with E-state index in [1.807, 2.05) is 42.5 Å². The van der Waals surface area contributed by atoms with Crippen molar-refractivity contribution in [1.82, 2.24) is 0 Å². The third-order valence-corrected chi connectivity index (χ3v) is 8.23. The van der Waals surface area contributed by atoms with E-state index in [-0.39, 0.29) is 32.7 Å². The van der Waals surface area contributed by atoms with E-state index in [1.54, 1.807) is 12.1 Å². The first-order valence-electron chi connectivity index (χ1n) is 12.0. The molecule has 10 heteroatoms. The Kier molecular flexibility index (Phi) is 8.77. The number of ether oxygens (including phenoxy) is 3. The molecule has 0 bridgehead atoms. The maximum absolute atomic E-state index is 13.4. The van der Waals surface area contributed by atoms with Crippen LogP contribution in [0.25, 0.3) is 11.1 Å². The van der Waals surface area contributed by atoms with Crippen LogP contribution >= 0.6 is 11.6 Å². The normalized spacial score (nSPS) is 11.0. The minimum Gasteiger partial charge on any atom is -0.495 e. The molecular formula is C30H26ClNO7S. The number of anilines is 1. The lowest BCUT2D eigenvalue weighted by atomic mass is 10.0. The fraction of sp³-hybridized carbons (Fsp3) is 0.133. The number of nitrogens with zero attached hydrogens (tertiary/aromatic N) is 1. The number of carbonyl (C=O) groups excluding carboxylic acids is 2. The van der Waals surface area contributed by atoms with Gasteiger partial charge < -0.3 is 14.2 Å². The van der Waals surface area contributed by atoms with Crippen LogP contribution in [0.4, 0.5) is 5.69 Å². The molecule has 0 atom stereocenters. The first kappa shape index (κ1) is 28.7. The molecule has 0 unspecified atom stereocenters. The highest BCUT2D eigenvalue weighted by atomic mass is 35.5. The Bertz CT molecular complexity index is 1640. The SMILES string of the molecule is COc1cc(OC)c(N(C)S(=O)(=O)c2cccc(C(=O)OCC(=O)c3ccc(-c4ccccc4)cc3)c2)cc1Cl. The van der Waals surface area contributed by atoms with E-state index in [2.05, 4.69) is 0 Å². The Morgan fingerprint density at radius 3 is 2.08 bits per heavy atom. The predicted molar refractivity (Wildman–Crippen MR) is 153 cm³/mol. The van der Waals surface area contributed by atoms with E-state index in [9.17, 15) is 18.0 Å². The highest BCUT2D eigenvalue weighted by Crippen LogP contribution is 2.39. The van der Waals surface area contributed by atoms with Gasteiger partial charge in [0.1, 0.15) is 11.5 Å². The molecule has 0 aliphatic rings. The minimum atomic E-state index is -4.14. The number of Topliss-reactive ketones (excluding diaryl/α,β-unsaturated/α-hetero) is 1. The van der Waals surface area contributed by atoms with Gasteiger partial charge in [0.15, 0.2) is 12.4 Å². The first-order valence-corrected chi connectivity index (χ1v) is 13.8. The Balaban J connectivity index is 1.47. The van der Waals surface area contributed by atoms with Gasteiger partial charge in [-0.2, -0.15) is 0 Å². The van der Waals surface area contributed by atoms with Crippen molar-refractivity contribution in [1.29, 1.82) is 0 Å². The second-order valence-corrected chi connectivity index (χ2v) is 11.0. The molecule has 4 aromatic rings. The molecule has 0 spiro atoms. The van der Waals surface area contributed by atoms with Gasteiger partial charge in [0.05, 0.1) is 35.4 Å². The smallest absolute Gasteiger partial charge is 0.338 e. The van der Waals surface area contributed by atoms with Crippen molar-refractivity contribution in [3.8, 4) is 22.6 Å². The van der Waals surface area contributed by atoms with Crippen molar-refractivity contribution >= 4 is 39.1 Å². The number of sulfonamides is 1. The number of ketones is 1. The summed E-state index contributed by atoms with van der Waals surface area (Å²) in [6.45, 7) is -0.498. The summed E-state index contributed by atoms with van der Waals surface area (Å²) < 4.78 is 43.5. The number of hydrogen-bond acceptors (Lipinski definition) is 7. The molecule has 0 aromatic heterocycles. The molecule has 40 heavy (non-hydrogen) atoms. The number of halogens is 1. The van der Waals surface area contributed by atoms with Gasteiger partial charge in [-0.15, -0.1) is 0 Å². The highest BCUT2D eigenvalue weighted by Gasteiger charge is 2.26.